The number of thioether (sulfide) groups is 1. The van der Waals surface area contributed by atoms with Gasteiger partial charge in [-0.05, 0) is 42.3 Å². The Labute approximate surface area is 176 Å². The van der Waals surface area contributed by atoms with Gasteiger partial charge in [0, 0.05) is 29.6 Å². The second-order valence-corrected chi connectivity index (χ2v) is 9.59. The summed E-state index contributed by atoms with van der Waals surface area (Å²) in [5.41, 5.74) is 2.42. The molecule has 1 N–H and O–H groups in total. The zero-order valence-electron chi connectivity index (χ0n) is 16.2. The second-order valence-electron chi connectivity index (χ2n) is 6.23. The summed E-state index contributed by atoms with van der Waals surface area (Å²) in [5, 5.41) is 3.51. The van der Waals surface area contributed by atoms with E-state index < -0.39 is 10.0 Å². The van der Waals surface area contributed by atoms with Crippen LogP contribution in [0.1, 0.15) is 25.0 Å². The van der Waals surface area contributed by atoms with Gasteiger partial charge in [0.25, 0.3) is 0 Å². The van der Waals surface area contributed by atoms with Gasteiger partial charge in [-0.15, -0.1) is 11.8 Å². The topological polar surface area (TPSA) is 66.5 Å². The van der Waals surface area contributed by atoms with Crippen LogP contribution in [0.5, 0.6) is 0 Å². The highest BCUT2D eigenvalue weighted by Gasteiger charge is 2.22. The second kappa shape index (κ2) is 10.3. The highest BCUT2D eigenvalue weighted by Crippen LogP contribution is 2.23. The Morgan fingerprint density at radius 2 is 1.75 bits per heavy atom. The summed E-state index contributed by atoms with van der Waals surface area (Å²) < 4.78 is 26.8. The van der Waals surface area contributed by atoms with Gasteiger partial charge in [-0.1, -0.05) is 43.6 Å². The van der Waals surface area contributed by atoms with Crippen molar-refractivity contribution in [3.05, 3.63) is 58.6 Å². The SMILES string of the molecule is CCN(CC)S(=O)(=O)c1ccc(C)c(NC(=O)CSCc2ccc(Cl)cc2)c1. The van der Waals surface area contributed by atoms with Crippen LogP contribution in [0.25, 0.3) is 0 Å². The fourth-order valence-electron chi connectivity index (χ4n) is 2.64. The number of rotatable bonds is 9. The van der Waals surface area contributed by atoms with Crippen LogP contribution in [-0.2, 0) is 20.6 Å². The van der Waals surface area contributed by atoms with E-state index in [-0.39, 0.29) is 16.6 Å². The summed E-state index contributed by atoms with van der Waals surface area (Å²) in [6, 6.07) is 12.3. The van der Waals surface area contributed by atoms with Crippen LogP contribution in [0.3, 0.4) is 0 Å². The summed E-state index contributed by atoms with van der Waals surface area (Å²) in [6.45, 7) is 6.24. The first-order valence-corrected chi connectivity index (χ1v) is 12.0. The highest BCUT2D eigenvalue weighted by molar-refractivity contribution is 7.99. The number of amides is 1. The molecule has 0 atom stereocenters. The van der Waals surface area contributed by atoms with E-state index in [2.05, 4.69) is 5.32 Å². The lowest BCUT2D eigenvalue weighted by Gasteiger charge is -2.19. The Hall–Kier alpha value is -1.54. The normalized spacial score (nSPS) is 11.6. The molecule has 0 aliphatic rings. The predicted octanol–water partition coefficient (Wildman–Crippen LogP) is 4.55. The number of nitrogens with zero attached hydrogens (tertiary/aromatic N) is 1. The third-order valence-corrected chi connectivity index (χ3v) is 7.54. The summed E-state index contributed by atoms with van der Waals surface area (Å²) >= 11 is 7.35. The van der Waals surface area contributed by atoms with Gasteiger partial charge in [0.05, 0.1) is 10.6 Å². The van der Waals surface area contributed by atoms with Crippen molar-refractivity contribution in [3.63, 3.8) is 0 Å². The maximum Gasteiger partial charge on any atom is 0.243 e. The molecule has 0 aliphatic heterocycles. The molecule has 2 aromatic rings. The monoisotopic (exact) mass is 440 g/mol. The zero-order valence-corrected chi connectivity index (χ0v) is 18.6. The van der Waals surface area contributed by atoms with Gasteiger partial charge in [0.1, 0.15) is 0 Å². The molecule has 0 aliphatic carbocycles. The van der Waals surface area contributed by atoms with Crippen molar-refractivity contribution in [1.82, 2.24) is 4.31 Å². The minimum absolute atomic E-state index is 0.167. The van der Waals surface area contributed by atoms with Crippen LogP contribution < -0.4 is 5.32 Å². The first-order chi connectivity index (χ1) is 13.3. The quantitative estimate of drug-likeness (QED) is 0.621. The maximum absolute atomic E-state index is 12.7. The van der Waals surface area contributed by atoms with Gasteiger partial charge in [-0.3, -0.25) is 4.79 Å². The molecule has 0 bridgehead atoms. The Kier molecular flexibility index (Phi) is 8.37. The van der Waals surface area contributed by atoms with Gasteiger partial charge < -0.3 is 5.32 Å². The Bertz CT molecular complexity index is 912. The van der Waals surface area contributed by atoms with Gasteiger partial charge in [-0.2, -0.15) is 4.31 Å². The number of carbonyl (C=O) groups is 1. The van der Waals surface area contributed by atoms with E-state index in [1.807, 2.05) is 31.2 Å². The van der Waals surface area contributed by atoms with Crippen molar-refractivity contribution < 1.29 is 13.2 Å². The first kappa shape index (κ1) is 22.7. The number of halogens is 1. The number of nitrogens with one attached hydrogen (secondary N) is 1. The largest absolute Gasteiger partial charge is 0.325 e. The minimum Gasteiger partial charge on any atom is -0.325 e. The molecular weight excluding hydrogens is 416 g/mol. The molecule has 0 heterocycles. The molecule has 0 fully saturated rings. The molecule has 0 spiro atoms. The van der Waals surface area contributed by atoms with E-state index in [9.17, 15) is 13.2 Å². The Morgan fingerprint density at radius 3 is 2.36 bits per heavy atom. The highest BCUT2D eigenvalue weighted by atomic mass is 35.5. The number of benzene rings is 2. The number of sulfonamides is 1. The van der Waals surface area contributed by atoms with Crippen molar-refractivity contribution in [2.75, 3.05) is 24.2 Å². The van der Waals surface area contributed by atoms with E-state index in [0.29, 0.717) is 29.6 Å². The number of carbonyl (C=O) groups excluding carboxylic acids is 1. The summed E-state index contributed by atoms with van der Waals surface area (Å²) in [4.78, 5) is 12.5. The molecular formula is C20H25ClN2O3S2. The molecule has 28 heavy (non-hydrogen) atoms. The van der Waals surface area contributed by atoms with E-state index >= 15 is 0 Å². The number of hydrogen-bond donors (Lipinski definition) is 1. The average molecular weight is 441 g/mol. The molecule has 0 saturated carbocycles. The minimum atomic E-state index is -3.57. The maximum atomic E-state index is 12.7. The van der Waals surface area contributed by atoms with Crippen LogP contribution in [0, 0.1) is 6.92 Å². The Morgan fingerprint density at radius 1 is 1.11 bits per heavy atom. The molecule has 8 heteroatoms. The number of aryl methyl sites for hydroxylation is 1. The van der Waals surface area contributed by atoms with Gasteiger partial charge in [0.2, 0.25) is 15.9 Å². The smallest absolute Gasteiger partial charge is 0.243 e. The van der Waals surface area contributed by atoms with E-state index in [1.54, 1.807) is 26.0 Å². The van der Waals surface area contributed by atoms with Crippen LogP contribution in [0.15, 0.2) is 47.4 Å². The lowest BCUT2D eigenvalue weighted by atomic mass is 10.2. The van der Waals surface area contributed by atoms with E-state index in [4.69, 9.17) is 11.6 Å². The molecule has 0 radical (unpaired) electrons. The van der Waals surface area contributed by atoms with E-state index in [1.165, 1.54) is 22.1 Å². The standard InChI is InChI=1S/C20H25ClN2O3S2/c1-4-23(5-2)28(25,26)18-11-6-15(3)19(12-18)22-20(24)14-27-13-16-7-9-17(21)10-8-16/h6-12H,4-5,13-14H2,1-3H3,(H,22,24). The van der Waals surface area contributed by atoms with Gasteiger partial charge in [0.15, 0.2) is 0 Å². The van der Waals surface area contributed by atoms with Crippen LogP contribution in [0.4, 0.5) is 5.69 Å². The van der Waals surface area contributed by atoms with Crippen molar-refractivity contribution in [2.24, 2.45) is 0 Å². The van der Waals surface area contributed by atoms with Crippen LogP contribution in [0.2, 0.25) is 5.02 Å². The molecule has 0 saturated heterocycles. The van der Waals surface area contributed by atoms with Crippen molar-refractivity contribution in [3.8, 4) is 0 Å². The fourth-order valence-corrected chi connectivity index (χ4v) is 5.04. The molecule has 152 valence electrons. The zero-order chi connectivity index (χ0) is 20.7. The van der Waals surface area contributed by atoms with Gasteiger partial charge >= 0.3 is 0 Å². The van der Waals surface area contributed by atoms with E-state index in [0.717, 1.165) is 11.1 Å². The molecule has 5 nitrogen and oxygen atoms in total. The summed E-state index contributed by atoms with van der Waals surface area (Å²) in [6.07, 6.45) is 0. The fraction of sp³-hybridized carbons (Fsp3) is 0.350. The summed E-state index contributed by atoms with van der Waals surface area (Å²) in [5.74, 6) is 0.800. The third kappa shape index (κ3) is 5.98. The molecule has 2 rings (SSSR count). The average Bonchev–Trinajstić information content (AvgIpc) is 2.66. The summed E-state index contributed by atoms with van der Waals surface area (Å²) in [7, 11) is -3.57. The number of anilines is 1. The first-order valence-electron chi connectivity index (χ1n) is 9.00. The van der Waals surface area contributed by atoms with Crippen LogP contribution in [-0.4, -0.2) is 37.5 Å². The number of hydrogen-bond acceptors (Lipinski definition) is 4. The Balaban J connectivity index is 2.02. The van der Waals surface area contributed by atoms with Crippen molar-refractivity contribution in [1.29, 1.82) is 0 Å². The van der Waals surface area contributed by atoms with Crippen molar-refractivity contribution in [2.45, 2.75) is 31.4 Å². The molecule has 1 amide bonds. The van der Waals surface area contributed by atoms with Crippen molar-refractivity contribution >= 4 is 45.0 Å². The van der Waals surface area contributed by atoms with Crippen LogP contribution >= 0.6 is 23.4 Å². The van der Waals surface area contributed by atoms with Gasteiger partial charge in [-0.25, -0.2) is 8.42 Å². The predicted molar refractivity (Wildman–Crippen MR) is 118 cm³/mol. The lowest BCUT2D eigenvalue weighted by molar-refractivity contribution is -0.113. The molecule has 0 aromatic heterocycles. The third-order valence-electron chi connectivity index (χ3n) is 4.24. The molecule has 2 aromatic carbocycles. The molecule has 0 unspecified atom stereocenters. The lowest BCUT2D eigenvalue weighted by Crippen LogP contribution is -2.30.